The van der Waals surface area contributed by atoms with Gasteiger partial charge in [-0.05, 0) is 30.3 Å². The number of aliphatic imine (C=N–C) groups is 1. The first-order valence-electron chi connectivity index (χ1n) is 7.57. The highest BCUT2D eigenvalue weighted by Crippen LogP contribution is 2.20. The van der Waals surface area contributed by atoms with E-state index in [1.54, 1.807) is 6.07 Å². The van der Waals surface area contributed by atoms with E-state index in [4.69, 9.17) is 11.6 Å². The molecule has 0 spiro atoms. The molecule has 9 heteroatoms. The molecule has 8 nitrogen and oxygen atoms in total. The summed E-state index contributed by atoms with van der Waals surface area (Å²) in [5, 5.41) is 22.0. The summed E-state index contributed by atoms with van der Waals surface area (Å²) in [6, 6.07) is 11.7. The van der Waals surface area contributed by atoms with Gasteiger partial charge in [-0.1, -0.05) is 29.8 Å². The Bertz CT molecular complexity index is 1160. The van der Waals surface area contributed by atoms with Gasteiger partial charge in [-0.15, -0.1) is 0 Å². The van der Waals surface area contributed by atoms with Crippen molar-refractivity contribution in [3.8, 4) is 11.6 Å². The predicted octanol–water partition coefficient (Wildman–Crippen LogP) is 0.999. The third kappa shape index (κ3) is 3.65. The Morgan fingerprint density at radius 2 is 1.81 bits per heavy atom. The molecule has 1 heterocycles. The van der Waals surface area contributed by atoms with Crippen molar-refractivity contribution in [1.29, 1.82) is 0 Å². The van der Waals surface area contributed by atoms with Crippen LogP contribution in [0.3, 0.4) is 0 Å². The number of carbonyl (C=O) groups is 1. The lowest BCUT2D eigenvalue weighted by molar-refractivity contribution is -0.254. The van der Waals surface area contributed by atoms with Crippen molar-refractivity contribution in [3.63, 3.8) is 0 Å². The number of carboxylic acid groups (broad SMARTS) is 1. The molecule has 136 valence electrons. The molecule has 0 atom stereocenters. The molecule has 0 aliphatic rings. The minimum Gasteiger partial charge on any atom is -0.545 e. The average Bonchev–Trinajstić information content (AvgIpc) is 2.63. The Labute approximate surface area is 156 Å². The van der Waals surface area contributed by atoms with Crippen LogP contribution in [0.5, 0.6) is 5.88 Å². The fraction of sp³-hybridized carbons (Fsp3) is 0. The maximum absolute atomic E-state index is 12.1. The Hall–Kier alpha value is -3.65. The molecule has 0 bridgehead atoms. The van der Waals surface area contributed by atoms with Crippen molar-refractivity contribution >= 4 is 29.5 Å². The smallest absolute Gasteiger partial charge is 0.335 e. The van der Waals surface area contributed by atoms with Crippen LogP contribution in [-0.2, 0) is 0 Å². The number of aromatic hydroxyl groups is 1. The SMILES string of the molecule is O=C([O-])c1ccccc1N=Cc1c(O)n(-c2ccc(Cl)cc2)c(=O)[nH]c1=O. The molecule has 2 N–H and O–H groups in total. The van der Waals surface area contributed by atoms with E-state index < -0.39 is 23.1 Å². The zero-order valence-corrected chi connectivity index (χ0v) is 14.3. The van der Waals surface area contributed by atoms with Gasteiger partial charge in [0.25, 0.3) is 5.56 Å². The number of rotatable bonds is 4. The number of H-pyrrole nitrogens is 1. The molecule has 27 heavy (non-hydrogen) atoms. The summed E-state index contributed by atoms with van der Waals surface area (Å²) in [5.74, 6) is -2.09. The number of carboxylic acids is 1. The highest BCUT2D eigenvalue weighted by Gasteiger charge is 2.14. The topological polar surface area (TPSA) is 128 Å². The fourth-order valence-corrected chi connectivity index (χ4v) is 2.50. The van der Waals surface area contributed by atoms with Gasteiger partial charge in [0.2, 0.25) is 5.88 Å². The van der Waals surface area contributed by atoms with Gasteiger partial charge < -0.3 is 15.0 Å². The summed E-state index contributed by atoms with van der Waals surface area (Å²) < 4.78 is 0.865. The summed E-state index contributed by atoms with van der Waals surface area (Å²) >= 11 is 5.81. The molecule has 0 unspecified atom stereocenters. The Balaban J connectivity index is 2.14. The number of carbonyl (C=O) groups excluding carboxylic acids is 1. The number of nitrogens with one attached hydrogen (secondary N) is 1. The van der Waals surface area contributed by atoms with Gasteiger partial charge in [-0.3, -0.25) is 14.8 Å². The standard InChI is InChI=1S/C18H12ClN3O5/c19-10-5-7-11(8-6-10)22-16(24)13(15(23)21-18(22)27)9-20-14-4-2-1-3-12(14)17(25)26/h1-9,24H,(H,25,26)(H,21,23,27)/p-1. The van der Waals surface area contributed by atoms with Crippen molar-refractivity contribution in [1.82, 2.24) is 9.55 Å². The van der Waals surface area contributed by atoms with Gasteiger partial charge in [-0.2, -0.15) is 0 Å². The van der Waals surface area contributed by atoms with E-state index in [1.807, 2.05) is 0 Å². The minimum atomic E-state index is -1.44. The monoisotopic (exact) mass is 384 g/mol. The number of para-hydroxylation sites is 1. The number of aromatic nitrogens is 2. The number of benzene rings is 2. The van der Waals surface area contributed by atoms with Gasteiger partial charge in [0.1, 0.15) is 5.56 Å². The predicted molar refractivity (Wildman–Crippen MR) is 97.4 cm³/mol. The van der Waals surface area contributed by atoms with E-state index in [0.29, 0.717) is 5.02 Å². The van der Waals surface area contributed by atoms with Gasteiger partial charge in [0.15, 0.2) is 0 Å². The van der Waals surface area contributed by atoms with Crippen LogP contribution in [0.25, 0.3) is 5.69 Å². The summed E-state index contributed by atoms with van der Waals surface area (Å²) in [7, 11) is 0. The number of aromatic amines is 1. The molecule has 1 aromatic heterocycles. The number of hydrogen-bond acceptors (Lipinski definition) is 6. The van der Waals surface area contributed by atoms with Gasteiger partial charge in [-0.25, -0.2) is 9.36 Å². The van der Waals surface area contributed by atoms with Crippen LogP contribution in [-0.4, -0.2) is 26.8 Å². The molecule has 0 radical (unpaired) electrons. The van der Waals surface area contributed by atoms with Crippen LogP contribution < -0.4 is 16.4 Å². The van der Waals surface area contributed by atoms with Crippen LogP contribution in [0.15, 0.2) is 63.1 Å². The largest absolute Gasteiger partial charge is 0.545 e. The van der Waals surface area contributed by atoms with E-state index >= 15 is 0 Å². The van der Waals surface area contributed by atoms with Gasteiger partial charge >= 0.3 is 5.69 Å². The van der Waals surface area contributed by atoms with Crippen LogP contribution >= 0.6 is 11.6 Å². The van der Waals surface area contributed by atoms with E-state index in [9.17, 15) is 24.6 Å². The third-order valence-corrected chi connectivity index (χ3v) is 3.91. The highest BCUT2D eigenvalue weighted by molar-refractivity contribution is 6.30. The first-order chi connectivity index (χ1) is 12.9. The first kappa shape index (κ1) is 18.2. The summed E-state index contributed by atoms with van der Waals surface area (Å²) in [6.45, 7) is 0. The van der Waals surface area contributed by atoms with E-state index in [-0.39, 0.29) is 22.5 Å². The maximum Gasteiger partial charge on any atom is 0.335 e. The van der Waals surface area contributed by atoms with Crippen LogP contribution in [0, 0.1) is 0 Å². The zero-order chi connectivity index (χ0) is 19.6. The van der Waals surface area contributed by atoms with Crippen molar-refractivity contribution < 1.29 is 15.0 Å². The first-order valence-corrected chi connectivity index (χ1v) is 7.95. The maximum atomic E-state index is 12.1. The van der Waals surface area contributed by atoms with Crippen LogP contribution in [0.1, 0.15) is 15.9 Å². The van der Waals surface area contributed by atoms with E-state index in [0.717, 1.165) is 10.8 Å². The quantitative estimate of drug-likeness (QED) is 0.648. The Kier molecular flexibility index (Phi) is 4.91. The lowest BCUT2D eigenvalue weighted by Crippen LogP contribution is -2.31. The van der Waals surface area contributed by atoms with Crippen LogP contribution in [0.4, 0.5) is 5.69 Å². The number of hydrogen-bond donors (Lipinski definition) is 2. The Morgan fingerprint density at radius 3 is 2.48 bits per heavy atom. The number of nitrogens with zero attached hydrogens (tertiary/aromatic N) is 2. The fourth-order valence-electron chi connectivity index (χ4n) is 2.38. The summed E-state index contributed by atoms with van der Waals surface area (Å²) in [6.07, 6.45) is 0.974. The molecule has 0 aliphatic carbocycles. The zero-order valence-electron chi connectivity index (χ0n) is 13.5. The van der Waals surface area contributed by atoms with Gasteiger partial charge in [0, 0.05) is 16.8 Å². The molecular formula is C18H11ClN3O5-. The second kappa shape index (κ2) is 7.30. The lowest BCUT2D eigenvalue weighted by atomic mass is 10.2. The molecule has 0 amide bonds. The summed E-state index contributed by atoms with van der Waals surface area (Å²) in [5.41, 5.74) is -1.94. The number of halogens is 1. The molecule has 2 aromatic carbocycles. The lowest BCUT2D eigenvalue weighted by Gasteiger charge is -2.10. The van der Waals surface area contributed by atoms with Crippen molar-refractivity contribution in [2.24, 2.45) is 4.99 Å². The second-order valence-corrected chi connectivity index (χ2v) is 5.81. The van der Waals surface area contributed by atoms with Crippen LogP contribution in [0.2, 0.25) is 5.02 Å². The van der Waals surface area contributed by atoms with Crippen molar-refractivity contribution in [3.05, 3.63) is 85.5 Å². The minimum absolute atomic E-state index is 0.0283. The highest BCUT2D eigenvalue weighted by atomic mass is 35.5. The van der Waals surface area contributed by atoms with Gasteiger partial charge in [0.05, 0.1) is 17.3 Å². The summed E-state index contributed by atoms with van der Waals surface area (Å²) in [4.78, 5) is 41.3. The normalized spacial score (nSPS) is 11.0. The van der Waals surface area contributed by atoms with Crippen molar-refractivity contribution in [2.45, 2.75) is 0 Å². The number of aromatic carboxylic acids is 1. The molecular weight excluding hydrogens is 374 g/mol. The second-order valence-electron chi connectivity index (χ2n) is 5.37. The average molecular weight is 385 g/mol. The molecule has 3 aromatic rings. The molecule has 0 aliphatic heterocycles. The molecule has 3 rings (SSSR count). The van der Waals surface area contributed by atoms with E-state index in [1.165, 1.54) is 42.5 Å². The van der Waals surface area contributed by atoms with Crippen molar-refractivity contribution in [2.75, 3.05) is 0 Å². The Morgan fingerprint density at radius 1 is 1.15 bits per heavy atom. The van der Waals surface area contributed by atoms with E-state index in [2.05, 4.69) is 9.98 Å². The third-order valence-electron chi connectivity index (χ3n) is 3.66. The molecule has 0 fully saturated rings. The molecule has 0 saturated carbocycles. The molecule has 0 saturated heterocycles.